The molecule has 0 atom stereocenters. The first-order valence-electron chi connectivity index (χ1n) is 13.2. The van der Waals surface area contributed by atoms with E-state index in [1.807, 2.05) is 36.4 Å². The number of halogens is 1. The van der Waals surface area contributed by atoms with Gasteiger partial charge in [0.25, 0.3) is 0 Å². The third-order valence-electron chi connectivity index (χ3n) is 6.65. The molecule has 4 rings (SSSR count). The van der Waals surface area contributed by atoms with Gasteiger partial charge in [-0.2, -0.15) is 0 Å². The summed E-state index contributed by atoms with van der Waals surface area (Å²) in [7, 11) is 1.58. The molecule has 0 spiro atoms. The van der Waals surface area contributed by atoms with Gasteiger partial charge >= 0.3 is 0 Å². The van der Waals surface area contributed by atoms with Crippen LogP contribution in [0.1, 0.15) is 34.6 Å². The summed E-state index contributed by atoms with van der Waals surface area (Å²) in [4.78, 5) is 13.7. The molecule has 202 valence electrons. The fraction of sp³-hybridized carbons (Fsp3) is 0.242. The molecule has 6 heteroatoms. The van der Waals surface area contributed by atoms with E-state index in [0.29, 0.717) is 24.7 Å². The standard InChI is InChI=1S/C33H35FN2O3/c1-38-32-21-26(22-33(35)37)15-18-31(32)39-20-8-19-36(23-25-13-16-29(34)17-14-25)24-30(27-9-4-2-5-10-27)28-11-6-3-7-12-28/h2-7,9-18,21,30H,8,19-20,22-24H2,1H3,(H2,35,37). The number of carbonyl (C=O) groups excluding carboxylic acids is 1. The molecule has 0 bridgehead atoms. The summed E-state index contributed by atoms with van der Waals surface area (Å²) in [5, 5.41) is 0. The molecule has 5 nitrogen and oxygen atoms in total. The molecule has 0 radical (unpaired) electrons. The Morgan fingerprint density at radius 3 is 2.05 bits per heavy atom. The number of primary amides is 1. The Hall–Kier alpha value is -4.16. The van der Waals surface area contributed by atoms with Crippen LogP contribution in [0.2, 0.25) is 0 Å². The highest BCUT2D eigenvalue weighted by atomic mass is 19.1. The number of hydrogen-bond acceptors (Lipinski definition) is 4. The number of ether oxygens (including phenoxy) is 2. The fourth-order valence-electron chi connectivity index (χ4n) is 4.73. The maximum absolute atomic E-state index is 13.6. The maximum atomic E-state index is 13.6. The predicted octanol–water partition coefficient (Wildman–Crippen LogP) is 5.97. The number of methoxy groups -OCH3 is 1. The Morgan fingerprint density at radius 1 is 0.846 bits per heavy atom. The minimum atomic E-state index is -0.392. The molecular weight excluding hydrogens is 491 g/mol. The molecule has 0 aliphatic heterocycles. The van der Waals surface area contributed by atoms with Crippen molar-refractivity contribution in [2.75, 3.05) is 26.8 Å². The quantitative estimate of drug-likeness (QED) is 0.206. The van der Waals surface area contributed by atoms with Crippen molar-refractivity contribution in [3.05, 3.63) is 131 Å². The van der Waals surface area contributed by atoms with Gasteiger partial charge in [-0.25, -0.2) is 4.39 Å². The number of benzene rings is 4. The highest BCUT2D eigenvalue weighted by Gasteiger charge is 2.19. The summed E-state index contributed by atoms with van der Waals surface area (Å²) < 4.78 is 25.1. The molecule has 0 aromatic heterocycles. The van der Waals surface area contributed by atoms with Crippen LogP contribution in [0.3, 0.4) is 0 Å². The van der Waals surface area contributed by atoms with Gasteiger partial charge in [-0.3, -0.25) is 9.69 Å². The van der Waals surface area contributed by atoms with E-state index in [1.54, 1.807) is 13.2 Å². The number of rotatable bonds is 14. The number of amides is 1. The Balaban J connectivity index is 1.47. The molecule has 0 aliphatic rings. The van der Waals surface area contributed by atoms with Crippen molar-refractivity contribution >= 4 is 5.91 Å². The van der Waals surface area contributed by atoms with Crippen molar-refractivity contribution in [1.82, 2.24) is 4.90 Å². The van der Waals surface area contributed by atoms with E-state index in [-0.39, 0.29) is 18.2 Å². The van der Waals surface area contributed by atoms with Gasteiger partial charge in [0, 0.05) is 25.6 Å². The first-order valence-corrected chi connectivity index (χ1v) is 13.2. The lowest BCUT2D eigenvalue weighted by atomic mass is 9.90. The second kappa shape index (κ2) is 14.1. The third-order valence-corrected chi connectivity index (χ3v) is 6.65. The fourth-order valence-corrected chi connectivity index (χ4v) is 4.73. The lowest BCUT2D eigenvalue weighted by Crippen LogP contribution is -2.30. The Morgan fingerprint density at radius 2 is 1.46 bits per heavy atom. The van der Waals surface area contributed by atoms with Crippen LogP contribution in [0, 0.1) is 5.82 Å². The van der Waals surface area contributed by atoms with E-state index < -0.39 is 5.91 Å². The van der Waals surface area contributed by atoms with Gasteiger partial charge in [0.15, 0.2) is 11.5 Å². The van der Waals surface area contributed by atoms with Crippen LogP contribution in [0.5, 0.6) is 11.5 Å². The summed E-state index contributed by atoms with van der Waals surface area (Å²) in [5.41, 5.74) is 9.67. The van der Waals surface area contributed by atoms with Crippen molar-refractivity contribution < 1.29 is 18.7 Å². The van der Waals surface area contributed by atoms with E-state index in [4.69, 9.17) is 15.2 Å². The van der Waals surface area contributed by atoms with E-state index in [0.717, 1.165) is 30.6 Å². The van der Waals surface area contributed by atoms with Crippen LogP contribution < -0.4 is 15.2 Å². The molecule has 0 saturated heterocycles. The molecule has 0 saturated carbocycles. The van der Waals surface area contributed by atoms with Crippen molar-refractivity contribution in [1.29, 1.82) is 0 Å². The molecule has 0 unspecified atom stereocenters. The average molecular weight is 527 g/mol. The lowest BCUT2D eigenvalue weighted by molar-refractivity contribution is -0.117. The first-order chi connectivity index (χ1) is 19.0. The van der Waals surface area contributed by atoms with Crippen LogP contribution >= 0.6 is 0 Å². The van der Waals surface area contributed by atoms with Crippen molar-refractivity contribution in [2.45, 2.75) is 25.3 Å². The normalized spacial score (nSPS) is 11.1. The largest absolute Gasteiger partial charge is 0.493 e. The van der Waals surface area contributed by atoms with E-state index in [1.165, 1.54) is 23.3 Å². The highest BCUT2D eigenvalue weighted by Crippen LogP contribution is 2.29. The van der Waals surface area contributed by atoms with Crippen LogP contribution in [0.25, 0.3) is 0 Å². The Labute approximate surface area is 230 Å². The van der Waals surface area contributed by atoms with Crippen molar-refractivity contribution in [3.63, 3.8) is 0 Å². The number of nitrogens with two attached hydrogens (primary N) is 1. The second-order valence-electron chi connectivity index (χ2n) is 9.57. The van der Waals surface area contributed by atoms with Gasteiger partial charge in [-0.1, -0.05) is 78.9 Å². The van der Waals surface area contributed by atoms with Crippen molar-refractivity contribution in [2.24, 2.45) is 5.73 Å². The van der Waals surface area contributed by atoms with Crippen LogP contribution in [-0.2, 0) is 17.8 Å². The van der Waals surface area contributed by atoms with Crippen molar-refractivity contribution in [3.8, 4) is 11.5 Å². The first kappa shape index (κ1) is 27.9. The zero-order valence-electron chi connectivity index (χ0n) is 22.3. The smallest absolute Gasteiger partial charge is 0.221 e. The molecule has 4 aromatic carbocycles. The molecule has 39 heavy (non-hydrogen) atoms. The van der Waals surface area contributed by atoms with Gasteiger partial charge in [-0.05, 0) is 52.9 Å². The summed E-state index contributed by atoms with van der Waals surface area (Å²) in [6, 6.07) is 33.2. The Kier molecular flexibility index (Phi) is 10.1. The molecule has 0 aliphatic carbocycles. The lowest BCUT2D eigenvalue weighted by Gasteiger charge is -2.28. The molecular formula is C33H35FN2O3. The molecule has 2 N–H and O–H groups in total. The molecule has 1 amide bonds. The number of nitrogens with zero attached hydrogens (tertiary/aromatic N) is 1. The Bertz CT molecular complexity index is 1270. The van der Waals surface area contributed by atoms with Gasteiger partial charge in [0.1, 0.15) is 5.82 Å². The van der Waals surface area contributed by atoms with E-state index in [2.05, 4.69) is 53.4 Å². The zero-order valence-corrected chi connectivity index (χ0v) is 22.3. The summed E-state index contributed by atoms with van der Waals surface area (Å²) >= 11 is 0. The van der Waals surface area contributed by atoms with Crippen LogP contribution in [0.4, 0.5) is 4.39 Å². The van der Waals surface area contributed by atoms with Crippen LogP contribution in [-0.4, -0.2) is 37.6 Å². The summed E-state index contributed by atoms with van der Waals surface area (Å²) in [6.07, 6.45) is 0.933. The van der Waals surface area contributed by atoms with Gasteiger partial charge in [-0.15, -0.1) is 0 Å². The highest BCUT2D eigenvalue weighted by molar-refractivity contribution is 5.76. The average Bonchev–Trinajstić information content (AvgIpc) is 2.96. The molecule has 0 fully saturated rings. The van der Waals surface area contributed by atoms with Crippen LogP contribution in [0.15, 0.2) is 103 Å². The predicted molar refractivity (Wildman–Crippen MR) is 152 cm³/mol. The molecule has 0 heterocycles. The second-order valence-corrected chi connectivity index (χ2v) is 9.57. The zero-order chi connectivity index (χ0) is 27.5. The summed E-state index contributed by atoms with van der Waals surface area (Å²) in [6.45, 7) is 2.78. The van der Waals surface area contributed by atoms with Gasteiger partial charge in [0.2, 0.25) is 5.91 Å². The SMILES string of the molecule is COc1cc(CC(N)=O)ccc1OCCCN(Cc1ccc(F)cc1)CC(c1ccccc1)c1ccccc1. The van der Waals surface area contributed by atoms with E-state index in [9.17, 15) is 9.18 Å². The maximum Gasteiger partial charge on any atom is 0.221 e. The van der Waals surface area contributed by atoms with Gasteiger partial charge < -0.3 is 15.2 Å². The number of carbonyl (C=O) groups is 1. The topological polar surface area (TPSA) is 64.8 Å². The minimum Gasteiger partial charge on any atom is -0.493 e. The van der Waals surface area contributed by atoms with E-state index >= 15 is 0 Å². The molecule has 4 aromatic rings. The number of hydrogen-bond donors (Lipinski definition) is 1. The van der Waals surface area contributed by atoms with Gasteiger partial charge in [0.05, 0.1) is 20.1 Å². The summed E-state index contributed by atoms with van der Waals surface area (Å²) in [5.74, 6) is 0.760. The monoisotopic (exact) mass is 526 g/mol. The third kappa shape index (κ3) is 8.42. The minimum absolute atomic E-state index is 0.152.